The molecule has 0 saturated carbocycles. The van der Waals surface area contributed by atoms with Crippen molar-refractivity contribution in [2.24, 2.45) is 5.92 Å². The van der Waals surface area contributed by atoms with E-state index in [4.69, 9.17) is 19.7 Å². The van der Waals surface area contributed by atoms with E-state index in [1.165, 1.54) is 5.56 Å². The second-order valence-electron chi connectivity index (χ2n) is 5.32. The van der Waals surface area contributed by atoms with Gasteiger partial charge >= 0.3 is 11.9 Å². The smallest absolute Gasteiger partial charge is 0.328 e. The van der Waals surface area contributed by atoms with E-state index in [9.17, 15) is 9.59 Å². The molecule has 0 bridgehead atoms. The van der Waals surface area contributed by atoms with E-state index in [1.807, 2.05) is 12.4 Å². The lowest BCUT2D eigenvalue weighted by molar-refractivity contribution is -0.139. The molecular weight excluding hydrogens is 316 g/mol. The molecule has 2 rings (SSSR count). The summed E-state index contributed by atoms with van der Waals surface area (Å²) in [5, 5.41) is 15.6. The second kappa shape index (κ2) is 10.5. The zero-order chi connectivity index (χ0) is 17.9. The number of aromatic nitrogens is 1. The molecule has 2 N–H and O–H groups in total. The highest BCUT2D eigenvalue weighted by atomic mass is 16.7. The van der Waals surface area contributed by atoms with Crippen LogP contribution >= 0.6 is 0 Å². The Balaban J connectivity index is 0.000000307. The van der Waals surface area contributed by atoms with Crippen LogP contribution in [-0.2, 0) is 19.1 Å². The minimum absolute atomic E-state index is 0.322. The van der Waals surface area contributed by atoms with Crippen molar-refractivity contribution >= 4 is 11.9 Å². The van der Waals surface area contributed by atoms with Crippen molar-refractivity contribution in [3.63, 3.8) is 0 Å². The van der Waals surface area contributed by atoms with E-state index < -0.39 is 11.9 Å². The normalized spacial score (nSPS) is 16.5. The first-order valence-electron chi connectivity index (χ1n) is 7.27. The van der Waals surface area contributed by atoms with Gasteiger partial charge in [-0.05, 0) is 31.8 Å². The highest BCUT2D eigenvalue weighted by Gasteiger charge is 2.27. The van der Waals surface area contributed by atoms with Crippen LogP contribution in [0, 0.1) is 5.92 Å². The van der Waals surface area contributed by atoms with E-state index in [2.05, 4.69) is 36.1 Å². The molecule has 0 aliphatic carbocycles. The lowest BCUT2D eigenvalue weighted by atomic mass is 9.93. The average molecular weight is 338 g/mol. The first kappa shape index (κ1) is 19.8. The minimum atomic E-state index is -1.26. The Bertz CT molecular complexity index is 525. The van der Waals surface area contributed by atoms with Crippen LogP contribution in [0.1, 0.15) is 11.6 Å². The summed E-state index contributed by atoms with van der Waals surface area (Å²) in [5.41, 5.74) is 1.26. The molecule has 0 amide bonds. The van der Waals surface area contributed by atoms with Gasteiger partial charge in [0, 0.05) is 36.5 Å². The third kappa shape index (κ3) is 7.32. The molecule has 1 aliphatic heterocycles. The van der Waals surface area contributed by atoms with E-state index in [1.54, 1.807) is 0 Å². The van der Waals surface area contributed by atoms with Crippen molar-refractivity contribution in [1.29, 1.82) is 0 Å². The molecule has 24 heavy (non-hydrogen) atoms. The predicted octanol–water partition coefficient (Wildman–Crippen LogP) is 1.02. The van der Waals surface area contributed by atoms with E-state index >= 15 is 0 Å². The molecule has 0 radical (unpaired) electrons. The monoisotopic (exact) mass is 338 g/mol. The Hall–Kier alpha value is -2.29. The van der Waals surface area contributed by atoms with Crippen LogP contribution in [0.2, 0.25) is 0 Å². The molecule has 1 aromatic heterocycles. The fourth-order valence-electron chi connectivity index (χ4n) is 2.38. The Morgan fingerprint density at radius 3 is 2.08 bits per heavy atom. The van der Waals surface area contributed by atoms with Gasteiger partial charge in [0.2, 0.25) is 0 Å². The Morgan fingerprint density at radius 2 is 1.67 bits per heavy atom. The number of carbonyl (C=O) groups is 2. The van der Waals surface area contributed by atoms with Gasteiger partial charge in [-0.25, -0.2) is 9.59 Å². The maximum atomic E-state index is 9.55. The molecule has 2 heterocycles. The second-order valence-corrected chi connectivity index (χ2v) is 5.32. The van der Waals surface area contributed by atoms with Crippen molar-refractivity contribution < 1.29 is 29.3 Å². The Labute approximate surface area is 140 Å². The lowest BCUT2D eigenvalue weighted by Gasteiger charge is -2.34. The van der Waals surface area contributed by atoms with Crippen LogP contribution in [0.5, 0.6) is 0 Å². The van der Waals surface area contributed by atoms with Crippen molar-refractivity contribution in [1.82, 2.24) is 9.88 Å². The fraction of sp³-hybridized carbons (Fsp3) is 0.438. The number of pyridine rings is 1. The molecule has 0 spiro atoms. The number of hydrogen-bond acceptors (Lipinski definition) is 6. The number of carboxylic acids is 2. The number of carboxylic acid groups (broad SMARTS) is 2. The van der Waals surface area contributed by atoms with Crippen LogP contribution in [0.15, 0.2) is 36.7 Å². The molecule has 1 aliphatic rings. The third-order valence-electron chi connectivity index (χ3n) is 3.25. The van der Waals surface area contributed by atoms with Gasteiger partial charge in [0.1, 0.15) is 6.79 Å². The quantitative estimate of drug-likeness (QED) is 0.766. The van der Waals surface area contributed by atoms with Crippen LogP contribution in [0.3, 0.4) is 0 Å². The van der Waals surface area contributed by atoms with Crippen molar-refractivity contribution in [3.8, 4) is 0 Å². The van der Waals surface area contributed by atoms with Crippen LogP contribution in [-0.4, -0.2) is 66.1 Å². The Morgan fingerprint density at radius 1 is 1.17 bits per heavy atom. The van der Waals surface area contributed by atoms with Gasteiger partial charge in [-0.3, -0.25) is 4.98 Å². The number of rotatable bonds is 5. The highest BCUT2D eigenvalue weighted by Crippen LogP contribution is 2.28. The summed E-state index contributed by atoms with van der Waals surface area (Å²) in [4.78, 5) is 25.4. The number of ether oxygens (including phenoxy) is 2. The molecule has 8 heteroatoms. The summed E-state index contributed by atoms with van der Waals surface area (Å²) in [7, 11) is 4.17. The maximum absolute atomic E-state index is 9.55. The van der Waals surface area contributed by atoms with Crippen molar-refractivity contribution in [3.05, 3.63) is 42.2 Å². The van der Waals surface area contributed by atoms with Gasteiger partial charge in [0.15, 0.2) is 0 Å². The lowest BCUT2D eigenvalue weighted by Crippen LogP contribution is -2.36. The summed E-state index contributed by atoms with van der Waals surface area (Å²) in [5.74, 6) is -2.13. The zero-order valence-corrected chi connectivity index (χ0v) is 13.7. The molecule has 1 atom stereocenters. The largest absolute Gasteiger partial charge is 0.478 e. The third-order valence-corrected chi connectivity index (χ3v) is 3.25. The molecule has 0 aromatic carbocycles. The van der Waals surface area contributed by atoms with Gasteiger partial charge in [-0.1, -0.05) is 0 Å². The van der Waals surface area contributed by atoms with E-state index in [0.717, 1.165) is 13.2 Å². The topological polar surface area (TPSA) is 109 Å². The predicted molar refractivity (Wildman–Crippen MR) is 85.3 cm³/mol. The summed E-state index contributed by atoms with van der Waals surface area (Å²) in [6.45, 7) is 1.93. The molecule has 1 unspecified atom stereocenters. The van der Waals surface area contributed by atoms with Gasteiger partial charge in [-0.2, -0.15) is 0 Å². The molecule has 8 nitrogen and oxygen atoms in total. The van der Waals surface area contributed by atoms with Crippen molar-refractivity contribution in [2.75, 3.05) is 34.1 Å². The van der Waals surface area contributed by atoms with Crippen LogP contribution in [0.4, 0.5) is 0 Å². The summed E-state index contributed by atoms with van der Waals surface area (Å²) < 4.78 is 10.7. The molecule has 1 fully saturated rings. The first-order chi connectivity index (χ1) is 11.4. The number of nitrogens with zero attached hydrogens (tertiary/aromatic N) is 2. The maximum Gasteiger partial charge on any atom is 0.328 e. The first-order valence-corrected chi connectivity index (χ1v) is 7.27. The molecule has 132 valence electrons. The highest BCUT2D eigenvalue weighted by molar-refractivity contribution is 5.89. The number of hydrogen-bond donors (Lipinski definition) is 2. The van der Waals surface area contributed by atoms with Crippen molar-refractivity contribution in [2.45, 2.75) is 6.04 Å². The standard InChI is InChI=1S/C12H18N2O2.C4H4O4/c1-14(2)12(10-3-5-13-6-4-10)11-7-15-9-16-8-11;5-3(6)1-2-4(7)8/h3-6,11-12H,7-9H2,1-2H3;1-2H,(H,5,6)(H,7,8)/b;2-1-. The Kier molecular flexibility index (Phi) is 8.63. The van der Waals surface area contributed by atoms with E-state index in [0.29, 0.717) is 30.9 Å². The van der Waals surface area contributed by atoms with Gasteiger partial charge in [0.25, 0.3) is 0 Å². The molecular formula is C16H22N2O6. The summed E-state index contributed by atoms with van der Waals surface area (Å²) >= 11 is 0. The number of aliphatic carboxylic acids is 2. The minimum Gasteiger partial charge on any atom is -0.478 e. The van der Waals surface area contributed by atoms with Gasteiger partial charge in [-0.15, -0.1) is 0 Å². The van der Waals surface area contributed by atoms with Crippen LogP contribution in [0.25, 0.3) is 0 Å². The average Bonchev–Trinajstić information content (AvgIpc) is 2.55. The summed E-state index contributed by atoms with van der Waals surface area (Å²) in [6, 6.07) is 4.43. The van der Waals surface area contributed by atoms with Gasteiger partial charge < -0.3 is 24.6 Å². The fourth-order valence-corrected chi connectivity index (χ4v) is 2.38. The summed E-state index contributed by atoms with van der Waals surface area (Å²) in [6.07, 6.45) is 4.78. The van der Waals surface area contributed by atoms with Gasteiger partial charge in [0.05, 0.1) is 13.2 Å². The zero-order valence-electron chi connectivity index (χ0n) is 13.7. The van der Waals surface area contributed by atoms with E-state index in [-0.39, 0.29) is 0 Å². The molecule has 1 saturated heterocycles. The SMILES string of the molecule is CN(C)C(c1ccncc1)C1COCOC1.O=C(O)/C=C\C(=O)O. The molecule has 1 aromatic rings. The van der Waals surface area contributed by atoms with Crippen LogP contribution < -0.4 is 0 Å².